The second-order valence-corrected chi connectivity index (χ2v) is 8.04. The van der Waals surface area contributed by atoms with Gasteiger partial charge in [0.1, 0.15) is 0 Å². The lowest BCUT2D eigenvalue weighted by Crippen LogP contribution is -2.39. The molecule has 1 aromatic carbocycles. The minimum absolute atomic E-state index is 0.155. The Morgan fingerprint density at radius 1 is 1.09 bits per heavy atom. The molecular formula is C17H26O4S. The van der Waals surface area contributed by atoms with Gasteiger partial charge < -0.3 is 10.2 Å². The lowest BCUT2D eigenvalue weighted by atomic mass is 9.85. The molecule has 5 heteroatoms. The highest BCUT2D eigenvalue weighted by atomic mass is 32.2. The van der Waals surface area contributed by atoms with Crippen LogP contribution in [0.1, 0.15) is 20.8 Å². The molecule has 0 aliphatic heterocycles. The van der Waals surface area contributed by atoms with Crippen LogP contribution in [0, 0.1) is 17.8 Å². The van der Waals surface area contributed by atoms with E-state index in [0.29, 0.717) is 0 Å². The molecule has 1 rings (SSSR count). The van der Waals surface area contributed by atoms with Gasteiger partial charge in [0.15, 0.2) is 9.84 Å². The molecule has 4 nitrogen and oxygen atoms in total. The zero-order valence-electron chi connectivity index (χ0n) is 13.4. The van der Waals surface area contributed by atoms with Crippen LogP contribution in [0.15, 0.2) is 47.9 Å². The summed E-state index contributed by atoms with van der Waals surface area (Å²) in [5.41, 5.74) is 0. The highest BCUT2D eigenvalue weighted by molar-refractivity contribution is 7.91. The van der Waals surface area contributed by atoms with Crippen molar-refractivity contribution >= 4 is 9.84 Å². The van der Waals surface area contributed by atoms with E-state index in [0.717, 1.165) is 0 Å². The molecule has 0 radical (unpaired) electrons. The summed E-state index contributed by atoms with van der Waals surface area (Å²) in [5.74, 6) is -1.24. The van der Waals surface area contributed by atoms with E-state index in [-0.39, 0.29) is 16.6 Å². The number of hydrogen-bond acceptors (Lipinski definition) is 4. The molecule has 0 bridgehead atoms. The third-order valence-corrected chi connectivity index (χ3v) is 6.11. The Morgan fingerprint density at radius 3 is 2.14 bits per heavy atom. The Bertz CT molecular complexity index is 568. The first-order valence-corrected chi connectivity index (χ1v) is 9.12. The molecule has 1 aromatic rings. The van der Waals surface area contributed by atoms with E-state index >= 15 is 0 Å². The summed E-state index contributed by atoms with van der Waals surface area (Å²) in [6.45, 7) is 8.85. The summed E-state index contributed by atoms with van der Waals surface area (Å²) in [4.78, 5) is 0.252. The van der Waals surface area contributed by atoms with Gasteiger partial charge >= 0.3 is 0 Å². The molecular weight excluding hydrogens is 300 g/mol. The number of rotatable bonds is 8. The van der Waals surface area contributed by atoms with Crippen LogP contribution < -0.4 is 0 Å². The molecule has 0 aromatic heterocycles. The summed E-state index contributed by atoms with van der Waals surface area (Å²) in [6.07, 6.45) is -0.0375. The van der Waals surface area contributed by atoms with Crippen LogP contribution in [0.4, 0.5) is 0 Å². The van der Waals surface area contributed by atoms with E-state index in [1.807, 2.05) is 6.92 Å². The smallest absolute Gasteiger partial charge is 0.178 e. The summed E-state index contributed by atoms with van der Waals surface area (Å²) in [5, 5.41) is 20.5. The number of sulfone groups is 1. The lowest BCUT2D eigenvalue weighted by molar-refractivity contribution is -0.0159. The standard InChI is InChI=1S/C17H26O4S/c1-5-12(2)16(18)14(4)17(19)13(3)11-22(20,21)15-9-7-6-8-10-15/h5-10,12-14,16-19H,1,11H2,2-4H3/t12-,13+,14-,16-,17-/m1/s1. The molecule has 5 atom stereocenters. The SMILES string of the molecule is C=C[C@@H](C)[C@@H](O)[C@@H](C)[C@H](O)[C@@H](C)CS(=O)(=O)c1ccccc1. The van der Waals surface area contributed by atoms with E-state index in [1.165, 1.54) is 0 Å². The van der Waals surface area contributed by atoms with Gasteiger partial charge in [0.2, 0.25) is 0 Å². The summed E-state index contributed by atoms with van der Waals surface area (Å²) in [7, 11) is -3.45. The van der Waals surface area contributed by atoms with E-state index < -0.39 is 33.9 Å². The van der Waals surface area contributed by atoms with Gasteiger partial charge in [-0.15, -0.1) is 6.58 Å². The van der Waals surface area contributed by atoms with Crippen LogP contribution >= 0.6 is 0 Å². The third kappa shape index (κ3) is 4.66. The van der Waals surface area contributed by atoms with Crippen LogP contribution in [0.25, 0.3) is 0 Å². The molecule has 0 aliphatic rings. The van der Waals surface area contributed by atoms with Crippen LogP contribution in [-0.4, -0.2) is 36.6 Å². The number of aliphatic hydroxyl groups excluding tert-OH is 2. The van der Waals surface area contributed by atoms with Crippen molar-refractivity contribution in [3.05, 3.63) is 43.0 Å². The average molecular weight is 326 g/mol. The Hall–Kier alpha value is -1.17. The molecule has 2 N–H and O–H groups in total. The van der Waals surface area contributed by atoms with Crippen molar-refractivity contribution in [2.45, 2.75) is 37.9 Å². The van der Waals surface area contributed by atoms with E-state index in [4.69, 9.17) is 0 Å². The normalized spacial score (nSPS) is 19.0. The second-order valence-electron chi connectivity index (χ2n) is 6.01. The van der Waals surface area contributed by atoms with Gasteiger partial charge in [0.05, 0.1) is 22.9 Å². The molecule has 0 spiro atoms. The molecule has 22 heavy (non-hydrogen) atoms. The van der Waals surface area contributed by atoms with Crippen molar-refractivity contribution in [2.75, 3.05) is 5.75 Å². The van der Waals surface area contributed by atoms with E-state index in [9.17, 15) is 18.6 Å². The Kier molecular flexibility index (Phi) is 6.78. The van der Waals surface area contributed by atoms with Crippen molar-refractivity contribution in [3.63, 3.8) is 0 Å². The Labute approximate surface area is 133 Å². The van der Waals surface area contributed by atoms with Gasteiger partial charge in [0, 0.05) is 11.8 Å². The van der Waals surface area contributed by atoms with Gasteiger partial charge in [-0.3, -0.25) is 0 Å². The summed E-state index contributed by atoms with van der Waals surface area (Å²) in [6, 6.07) is 8.20. The first-order valence-electron chi connectivity index (χ1n) is 7.47. The molecule has 0 aliphatic carbocycles. The van der Waals surface area contributed by atoms with Crippen LogP contribution in [-0.2, 0) is 9.84 Å². The van der Waals surface area contributed by atoms with Gasteiger partial charge in [-0.1, -0.05) is 45.0 Å². The van der Waals surface area contributed by atoms with Crippen molar-refractivity contribution in [3.8, 4) is 0 Å². The van der Waals surface area contributed by atoms with Crippen molar-refractivity contribution < 1.29 is 18.6 Å². The van der Waals surface area contributed by atoms with Crippen LogP contribution in [0.3, 0.4) is 0 Å². The van der Waals surface area contributed by atoms with Crippen LogP contribution in [0.2, 0.25) is 0 Å². The number of aliphatic hydroxyl groups is 2. The minimum atomic E-state index is -3.45. The zero-order valence-corrected chi connectivity index (χ0v) is 14.2. The Morgan fingerprint density at radius 2 is 1.64 bits per heavy atom. The largest absolute Gasteiger partial charge is 0.392 e. The maximum Gasteiger partial charge on any atom is 0.178 e. The molecule has 0 unspecified atom stereocenters. The predicted molar refractivity (Wildman–Crippen MR) is 88.2 cm³/mol. The third-order valence-electron chi connectivity index (χ3n) is 4.16. The maximum absolute atomic E-state index is 12.3. The van der Waals surface area contributed by atoms with E-state index in [2.05, 4.69) is 6.58 Å². The average Bonchev–Trinajstić information content (AvgIpc) is 2.52. The van der Waals surface area contributed by atoms with Crippen molar-refractivity contribution in [1.82, 2.24) is 0 Å². The number of hydrogen-bond donors (Lipinski definition) is 2. The quantitative estimate of drug-likeness (QED) is 0.719. The van der Waals surface area contributed by atoms with Gasteiger partial charge in [-0.25, -0.2) is 8.42 Å². The first kappa shape index (κ1) is 18.9. The molecule has 0 amide bonds. The molecule has 0 heterocycles. The summed E-state index contributed by atoms with van der Waals surface area (Å²) >= 11 is 0. The lowest BCUT2D eigenvalue weighted by Gasteiger charge is -2.30. The zero-order chi connectivity index (χ0) is 16.9. The molecule has 0 saturated heterocycles. The maximum atomic E-state index is 12.3. The molecule has 0 fully saturated rings. The summed E-state index contributed by atoms with van der Waals surface area (Å²) < 4.78 is 24.7. The first-order chi connectivity index (χ1) is 10.2. The van der Waals surface area contributed by atoms with Crippen molar-refractivity contribution in [1.29, 1.82) is 0 Å². The van der Waals surface area contributed by atoms with Gasteiger partial charge in [0.25, 0.3) is 0 Å². The van der Waals surface area contributed by atoms with Gasteiger partial charge in [-0.2, -0.15) is 0 Å². The highest BCUT2D eigenvalue weighted by Gasteiger charge is 2.32. The van der Waals surface area contributed by atoms with Crippen LogP contribution in [0.5, 0.6) is 0 Å². The van der Waals surface area contributed by atoms with Crippen molar-refractivity contribution in [2.24, 2.45) is 17.8 Å². The van der Waals surface area contributed by atoms with E-state index in [1.54, 1.807) is 50.3 Å². The fourth-order valence-electron chi connectivity index (χ4n) is 2.51. The fourth-order valence-corrected chi connectivity index (χ4v) is 4.16. The highest BCUT2D eigenvalue weighted by Crippen LogP contribution is 2.24. The van der Waals surface area contributed by atoms with Gasteiger partial charge in [-0.05, 0) is 18.1 Å². The Balaban J connectivity index is 2.79. The topological polar surface area (TPSA) is 74.6 Å². The molecule has 0 saturated carbocycles. The molecule has 124 valence electrons. The number of benzene rings is 1. The predicted octanol–water partition coefficient (Wildman–Crippen LogP) is 2.28. The second kappa shape index (κ2) is 7.90. The monoisotopic (exact) mass is 326 g/mol. The minimum Gasteiger partial charge on any atom is -0.392 e. The fraction of sp³-hybridized carbons (Fsp3) is 0.529.